The van der Waals surface area contributed by atoms with Gasteiger partial charge in [0.1, 0.15) is 6.10 Å². The predicted octanol–water partition coefficient (Wildman–Crippen LogP) is 1.59. The third-order valence-corrected chi connectivity index (χ3v) is 2.51. The molecule has 1 unspecified atom stereocenters. The molecule has 2 aromatic heterocycles. The van der Waals surface area contributed by atoms with Crippen LogP contribution in [0.4, 0.5) is 0 Å². The summed E-state index contributed by atoms with van der Waals surface area (Å²) in [7, 11) is 0. The predicted molar refractivity (Wildman–Crippen MR) is 50.3 cm³/mol. The molecule has 2 N–H and O–H groups in total. The first-order valence-electron chi connectivity index (χ1n) is 3.91. The molecule has 0 aromatic carbocycles. The Bertz CT molecular complexity index is 380. The first kappa shape index (κ1) is 8.40. The molecule has 0 aliphatic rings. The number of nitrogens with one attached hydrogen (secondary N) is 1. The number of aromatic nitrogens is 3. The van der Waals surface area contributed by atoms with Crippen LogP contribution < -0.4 is 0 Å². The average Bonchev–Trinajstić information content (AvgIpc) is 2.75. The Morgan fingerprint density at radius 2 is 2.46 bits per heavy atom. The second-order valence-electron chi connectivity index (χ2n) is 2.70. The van der Waals surface area contributed by atoms with Crippen LogP contribution in [0.3, 0.4) is 0 Å². The molecular weight excluding hydrogens is 186 g/mol. The average molecular weight is 195 g/mol. The molecule has 2 rings (SSSR count). The Hall–Kier alpha value is -1.20. The highest BCUT2D eigenvalue weighted by Crippen LogP contribution is 2.21. The highest BCUT2D eigenvalue weighted by molar-refractivity contribution is 7.13. The molecule has 0 saturated heterocycles. The molecule has 0 aliphatic carbocycles. The van der Waals surface area contributed by atoms with E-state index < -0.39 is 6.10 Å². The van der Waals surface area contributed by atoms with E-state index in [-0.39, 0.29) is 0 Å². The van der Waals surface area contributed by atoms with Gasteiger partial charge in [-0.15, -0.1) is 11.3 Å². The number of H-pyrrole nitrogens is 1. The fourth-order valence-corrected chi connectivity index (χ4v) is 1.63. The van der Waals surface area contributed by atoms with Crippen LogP contribution in [0.2, 0.25) is 0 Å². The Morgan fingerprint density at radius 1 is 1.62 bits per heavy atom. The molecule has 4 nitrogen and oxygen atoms in total. The normalized spacial score (nSPS) is 13.1. The van der Waals surface area contributed by atoms with Gasteiger partial charge in [0.15, 0.2) is 11.6 Å². The van der Waals surface area contributed by atoms with Crippen LogP contribution in [0, 0.1) is 0 Å². The summed E-state index contributed by atoms with van der Waals surface area (Å²) in [5.74, 6) is 1.15. The number of thiophene rings is 1. The van der Waals surface area contributed by atoms with Gasteiger partial charge in [0.25, 0.3) is 0 Å². The van der Waals surface area contributed by atoms with E-state index in [2.05, 4.69) is 15.2 Å². The zero-order valence-corrected chi connectivity index (χ0v) is 7.88. The maximum atomic E-state index is 9.20. The van der Waals surface area contributed by atoms with Crippen LogP contribution in [0.1, 0.15) is 18.9 Å². The van der Waals surface area contributed by atoms with Crippen LogP contribution >= 0.6 is 11.3 Å². The number of aliphatic hydroxyl groups is 1. The lowest BCUT2D eigenvalue weighted by Gasteiger charge is -1.94. The molecule has 0 aliphatic heterocycles. The van der Waals surface area contributed by atoms with Crippen molar-refractivity contribution in [3.63, 3.8) is 0 Å². The summed E-state index contributed by atoms with van der Waals surface area (Å²) in [6.07, 6.45) is -0.596. The third kappa shape index (κ3) is 1.61. The van der Waals surface area contributed by atoms with Gasteiger partial charge in [0.2, 0.25) is 0 Å². The van der Waals surface area contributed by atoms with E-state index in [9.17, 15) is 5.11 Å². The second kappa shape index (κ2) is 3.27. The van der Waals surface area contributed by atoms with Gasteiger partial charge < -0.3 is 5.11 Å². The fraction of sp³-hybridized carbons (Fsp3) is 0.250. The maximum absolute atomic E-state index is 9.20. The molecule has 13 heavy (non-hydrogen) atoms. The Balaban J connectivity index is 2.33. The summed E-state index contributed by atoms with van der Waals surface area (Å²) in [5.41, 5.74) is 0. The molecule has 0 radical (unpaired) electrons. The van der Waals surface area contributed by atoms with Crippen molar-refractivity contribution in [3.8, 4) is 10.7 Å². The summed E-state index contributed by atoms with van der Waals surface area (Å²) >= 11 is 1.57. The van der Waals surface area contributed by atoms with E-state index in [4.69, 9.17) is 0 Å². The minimum absolute atomic E-state index is 0.503. The van der Waals surface area contributed by atoms with Crippen LogP contribution in [-0.4, -0.2) is 20.3 Å². The molecule has 0 spiro atoms. The molecule has 0 amide bonds. The van der Waals surface area contributed by atoms with E-state index in [1.165, 1.54) is 0 Å². The van der Waals surface area contributed by atoms with E-state index in [1.807, 2.05) is 17.5 Å². The van der Waals surface area contributed by atoms with Gasteiger partial charge in [-0.1, -0.05) is 6.07 Å². The lowest BCUT2D eigenvalue weighted by atomic mass is 10.4. The van der Waals surface area contributed by atoms with Crippen molar-refractivity contribution in [3.05, 3.63) is 23.3 Å². The number of nitrogens with zero attached hydrogens (tertiary/aromatic N) is 2. The van der Waals surface area contributed by atoms with Gasteiger partial charge in [0, 0.05) is 0 Å². The van der Waals surface area contributed by atoms with Crippen molar-refractivity contribution in [2.24, 2.45) is 0 Å². The maximum Gasteiger partial charge on any atom is 0.191 e. The molecule has 0 bridgehead atoms. The second-order valence-corrected chi connectivity index (χ2v) is 3.65. The molecule has 0 saturated carbocycles. The topological polar surface area (TPSA) is 61.8 Å². The van der Waals surface area contributed by atoms with E-state index >= 15 is 0 Å². The smallest absolute Gasteiger partial charge is 0.191 e. The van der Waals surface area contributed by atoms with Crippen molar-refractivity contribution in [2.75, 3.05) is 0 Å². The van der Waals surface area contributed by atoms with Crippen LogP contribution in [0.25, 0.3) is 10.7 Å². The molecule has 68 valence electrons. The first-order valence-corrected chi connectivity index (χ1v) is 4.79. The zero-order chi connectivity index (χ0) is 9.26. The Morgan fingerprint density at radius 3 is 3.00 bits per heavy atom. The van der Waals surface area contributed by atoms with Gasteiger partial charge in [-0.05, 0) is 18.4 Å². The van der Waals surface area contributed by atoms with Gasteiger partial charge in [-0.25, -0.2) is 4.98 Å². The van der Waals surface area contributed by atoms with Gasteiger partial charge >= 0.3 is 0 Å². The van der Waals surface area contributed by atoms with Crippen LogP contribution in [-0.2, 0) is 0 Å². The molecule has 2 heterocycles. The largest absolute Gasteiger partial charge is 0.385 e. The lowest BCUT2D eigenvalue weighted by molar-refractivity contribution is 0.189. The van der Waals surface area contributed by atoms with Gasteiger partial charge in [0.05, 0.1) is 4.88 Å². The molecule has 0 fully saturated rings. The fourth-order valence-electron chi connectivity index (χ4n) is 0.977. The highest BCUT2D eigenvalue weighted by atomic mass is 32.1. The number of hydrogen-bond acceptors (Lipinski definition) is 4. The van der Waals surface area contributed by atoms with Crippen molar-refractivity contribution in [1.82, 2.24) is 15.2 Å². The van der Waals surface area contributed by atoms with Gasteiger partial charge in [-0.2, -0.15) is 5.10 Å². The van der Waals surface area contributed by atoms with Crippen LogP contribution in [0.5, 0.6) is 0 Å². The zero-order valence-electron chi connectivity index (χ0n) is 7.06. The van der Waals surface area contributed by atoms with Crippen molar-refractivity contribution in [2.45, 2.75) is 13.0 Å². The molecule has 1 atom stereocenters. The number of rotatable bonds is 2. The van der Waals surface area contributed by atoms with Crippen LogP contribution in [0.15, 0.2) is 17.5 Å². The summed E-state index contributed by atoms with van der Waals surface area (Å²) in [6, 6.07) is 3.89. The standard InChI is InChI=1S/C8H9N3OS/c1-5(12)7-9-8(11-10-7)6-3-2-4-13-6/h2-5,12H,1H3,(H,9,10,11). The summed E-state index contributed by atoms with van der Waals surface area (Å²) in [4.78, 5) is 5.15. The van der Waals surface area contributed by atoms with Crippen molar-refractivity contribution >= 4 is 11.3 Å². The van der Waals surface area contributed by atoms with E-state index in [0.717, 1.165) is 4.88 Å². The molecule has 2 aromatic rings. The molecule has 5 heteroatoms. The van der Waals surface area contributed by atoms with Crippen molar-refractivity contribution < 1.29 is 5.11 Å². The highest BCUT2D eigenvalue weighted by Gasteiger charge is 2.09. The Labute approximate surface area is 79.3 Å². The summed E-state index contributed by atoms with van der Waals surface area (Å²) in [6.45, 7) is 1.65. The first-order chi connectivity index (χ1) is 6.27. The number of hydrogen-bond donors (Lipinski definition) is 2. The third-order valence-electron chi connectivity index (χ3n) is 1.64. The summed E-state index contributed by atoms with van der Waals surface area (Å²) in [5, 5.41) is 17.9. The minimum Gasteiger partial charge on any atom is -0.385 e. The SMILES string of the molecule is CC(O)c1nc(-c2cccs2)n[nH]1. The monoisotopic (exact) mass is 195 g/mol. The van der Waals surface area contributed by atoms with Crippen molar-refractivity contribution in [1.29, 1.82) is 0 Å². The quantitative estimate of drug-likeness (QED) is 0.764. The lowest BCUT2D eigenvalue weighted by Crippen LogP contribution is -1.92. The van der Waals surface area contributed by atoms with E-state index in [0.29, 0.717) is 11.6 Å². The number of aliphatic hydroxyl groups excluding tert-OH is 1. The Kier molecular flexibility index (Phi) is 2.12. The van der Waals surface area contributed by atoms with Gasteiger partial charge in [-0.3, -0.25) is 5.10 Å². The number of aromatic amines is 1. The minimum atomic E-state index is -0.596. The molecular formula is C8H9N3OS. The summed E-state index contributed by atoms with van der Waals surface area (Å²) < 4.78 is 0. The van der Waals surface area contributed by atoms with E-state index in [1.54, 1.807) is 18.3 Å².